The minimum absolute atomic E-state index is 0.877. The topological polar surface area (TPSA) is 14.8 Å². The fraction of sp³-hybridized carbons (Fsp3) is 0.0323. The molecule has 0 aliphatic carbocycles. The van der Waals surface area contributed by atoms with Crippen LogP contribution in [0.1, 0.15) is 22.3 Å². The Hall–Kier alpha value is -8.40. The highest BCUT2D eigenvalue weighted by molar-refractivity contribution is 6.14. The van der Waals surface area contributed by atoms with Crippen LogP contribution in [0, 0.1) is 0 Å². The molecular formula is C62H43N3. The van der Waals surface area contributed by atoms with Gasteiger partial charge in [-0.2, -0.15) is 0 Å². The van der Waals surface area contributed by atoms with Gasteiger partial charge in [0.15, 0.2) is 0 Å². The van der Waals surface area contributed by atoms with Gasteiger partial charge in [0.1, 0.15) is 0 Å². The molecule has 0 unspecified atom stereocenters. The normalized spacial score (nSPS) is 11.8. The van der Waals surface area contributed by atoms with Crippen LogP contribution in [-0.2, 0) is 12.8 Å². The summed E-state index contributed by atoms with van der Waals surface area (Å²) in [6.45, 7) is 0. The van der Waals surface area contributed by atoms with Crippen molar-refractivity contribution >= 4 is 65.4 Å². The zero-order chi connectivity index (χ0) is 42.8. The van der Waals surface area contributed by atoms with Gasteiger partial charge >= 0.3 is 0 Å². The van der Waals surface area contributed by atoms with Crippen LogP contribution in [0.15, 0.2) is 237 Å². The first-order chi connectivity index (χ1) is 32.2. The third kappa shape index (κ3) is 6.27. The van der Waals surface area contributed by atoms with Crippen molar-refractivity contribution in [3.63, 3.8) is 0 Å². The molecule has 0 aliphatic heterocycles. The maximum absolute atomic E-state index is 2.47. The van der Waals surface area contributed by atoms with E-state index in [-0.39, 0.29) is 0 Å². The molecule has 10 aromatic carbocycles. The van der Waals surface area contributed by atoms with E-state index >= 15 is 0 Å². The molecular weight excluding hydrogens is 787 g/mol. The Morgan fingerprint density at radius 2 is 0.569 bits per heavy atom. The van der Waals surface area contributed by atoms with E-state index in [2.05, 4.69) is 250 Å². The summed E-state index contributed by atoms with van der Waals surface area (Å²) in [7, 11) is 0. The van der Waals surface area contributed by atoms with Gasteiger partial charge in [0, 0.05) is 49.4 Å². The summed E-state index contributed by atoms with van der Waals surface area (Å²) in [5.74, 6) is 0. The number of rotatable bonds is 8. The molecule has 3 aromatic heterocycles. The molecule has 0 spiro atoms. The van der Waals surface area contributed by atoms with Gasteiger partial charge in [-0.05, 0) is 143 Å². The lowest BCUT2D eigenvalue weighted by molar-refractivity contribution is 1.16. The number of hydrogen-bond acceptors (Lipinski definition) is 0. The van der Waals surface area contributed by atoms with E-state index in [9.17, 15) is 0 Å². The Bertz CT molecular complexity index is 3910. The van der Waals surface area contributed by atoms with Crippen LogP contribution in [0.5, 0.6) is 0 Å². The van der Waals surface area contributed by atoms with Crippen molar-refractivity contribution < 1.29 is 0 Å². The molecule has 0 saturated carbocycles. The predicted octanol–water partition coefficient (Wildman–Crippen LogP) is 15.8. The molecule has 13 rings (SSSR count). The van der Waals surface area contributed by atoms with Crippen molar-refractivity contribution in [1.29, 1.82) is 0 Å². The average molecular weight is 830 g/mol. The van der Waals surface area contributed by atoms with Crippen LogP contribution in [-0.4, -0.2) is 13.7 Å². The van der Waals surface area contributed by atoms with E-state index in [1.54, 1.807) is 0 Å². The lowest BCUT2D eigenvalue weighted by atomic mass is 9.98. The average Bonchev–Trinajstić information content (AvgIpc) is 3.99. The number of benzene rings is 10. The van der Waals surface area contributed by atoms with E-state index in [1.165, 1.54) is 104 Å². The summed E-state index contributed by atoms with van der Waals surface area (Å²) in [4.78, 5) is 0. The van der Waals surface area contributed by atoms with Crippen molar-refractivity contribution in [1.82, 2.24) is 13.7 Å². The summed E-state index contributed by atoms with van der Waals surface area (Å²) in [6, 6.07) is 87.1. The third-order valence-electron chi connectivity index (χ3n) is 13.4. The molecule has 0 saturated heterocycles. The van der Waals surface area contributed by atoms with Crippen LogP contribution in [0.3, 0.4) is 0 Å². The molecule has 0 radical (unpaired) electrons. The van der Waals surface area contributed by atoms with Gasteiger partial charge < -0.3 is 13.7 Å². The van der Waals surface area contributed by atoms with Crippen molar-refractivity contribution in [2.24, 2.45) is 0 Å². The molecule has 13 aromatic rings. The van der Waals surface area contributed by atoms with Crippen LogP contribution in [0.2, 0.25) is 0 Å². The van der Waals surface area contributed by atoms with Gasteiger partial charge in [-0.1, -0.05) is 140 Å². The number of hydrogen-bond donors (Lipinski definition) is 0. The lowest BCUT2D eigenvalue weighted by Gasteiger charge is -2.11. The molecule has 0 bridgehead atoms. The molecule has 3 nitrogen and oxygen atoms in total. The molecule has 0 fully saturated rings. The maximum atomic E-state index is 2.47. The largest absolute Gasteiger partial charge is 0.309 e. The number of aromatic nitrogens is 3. The summed E-state index contributed by atoms with van der Waals surface area (Å²) in [6.07, 6.45) is 1.77. The number of nitrogens with zero attached hydrogens (tertiary/aromatic N) is 3. The fourth-order valence-corrected chi connectivity index (χ4v) is 10.5. The molecule has 0 atom stereocenters. The van der Waals surface area contributed by atoms with Crippen LogP contribution >= 0.6 is 0 Å². The predicted molar refractivity (Wildman–Crippen MR) is 273 cm³/mol. The molecule has 0 N–H and O–H groups in total. The zero-order valence-corrected chi connectivity index (χ0v) is 35.8. The van der Waals surface area contributed by atoms with Crippen molar-refractivity contribution in [3.8, 4) is 28.2 Å². The van der Waals surface area contributed by atoms with E-state index in [0.717, 1.165) is 24.2 Å². The first-order valence-corrected chi connectivity index (χ1v) is 22.6. The number of fused-ring (bicyclic) bond motifs is 9. The Kier molecular flexibility index (Phi) is 8.67. The van der Waals surface area contributed by atoms with E-state index in [0.29, 0.717) is 0 Å². The van der Waals surface area contributed by atoms with Gasteiger partial charge in [-0.25, -0.2) is 0 Å². The van der Waals surface area contributed by atoms with Crippen LogP contribution in [0.25, 0.3) is 93.6 Å². The van der Waals surface area contributed by atoms with Gasteiger partial charge in [-0.3, -0.25) is 0 Å². The van der Waals surface area contributed by atoms with Crippen LogP contribution < -0.4 is 0 Å². The van der Waals surface area contributed by atoms with E-state index in [4.69, 9.17) is 0 Å². The summed E-state index contributed by atoms with van der Waals surface area (Å²) >= 11 is 0. The van der Waals surface area contributed by atoms with Crippen LogP contribution in [0.4, 0.5) is 0 Å². The first kappa shape index (κ1) is 37.2. The molecule has 65 heavy (non-hydrogen) atoms. The first-order valence-electron chi connectivity index (χ1n) is 22.6. The summed E-state index contributed by atoms with van der Waals surface area (Å²) in [5, 5.41) is 7.52. The maximum Gasteiger partial charge on any atom is 0.0542 e. The van der Waals surface area contributed by atoms with Gasteiger partial charge in [0.25, 0.3) is 0 Å². The minimum atomic E-state index is 0.877. The summed E-state index contributed by atoms with van der Waals surface area (Å²) in [5.41, 5.74) is 18.4. The standard InChI is InChI=1S/C62H43N3/c1-5-15-42(16-6-1)35-44-25-30-58-52(37-44)54-39-46(27-32-60(54)64(58)49-21-11-4-12-22-49)47-28-33-61-55(40-47)53-38-45(36-43-17-7-2-8-18-43)26-31-59(53)65(61)50-29-34-62-56(41-50)51-23-13-14-24-57(51)63(62)48-19-9-3-10-20-48/h1-34,37-41H,35-36H2. The summed E-state index contributed by atoms with van der Waals surface area (Å²) < 4.78 is 7.28. The van der Waals surface area contributed by atoms with Crippen molar-refractivity contribution in [3.05, 3.63) is 259 Å². The Morgan fingerprint density at radius 3 is 1.06 bits per heavy atom. The number of para-hydroxylation sites is 3. The van der Waals surface area contributed by atoms with E-state index < -0.39 is 0 Å². The molecule has 0 aliphatic rings. The minimum Gasteiger partial charge on any atom is -0.309 e. The second kappa shape index (κ2) is 15.1. The molecule has 3 heterocycles. The smallest absolute Gasteiger partial charge is 0.0542 e. The zero-order valence-electron chi connectivity index (χ0n) is 35.8. The van der Waals surface area contributed by atoms with Gasteiger partial charge in [0.05, 0.1) is 33.1 Å². The SMILES string of the molecule is c1ccc(Cc2ccc3c(c2)c2cc(-c4ccc5c(c4)c4cc(Cc6ccccc6)ccc4n5-c4ccc5c(c4)c4ccccc4n5-c4ccccc4)ccc2n3-c2ccccc2)cc1. The Balaban J connectivity index is 1.00. The Labute approximate surface area is 377 Å². The monoisotopic (exact) mass is 829 g/mol. The van der Waals surface area contributed by atoms with Gasteiger partial charge in [-0.15, -0.1) is 0 Å². The molecule has 3 heteroatoms. The quantitative estimate of drug-likeness (QED) is 0.145. The highest BCUT2D eigenvalue weighted by atomic mass is 15.0. The fourth-order valence-electron chi connectivity index (χ4n) is 10.5. The van der Waals surface area contributed by atoms with Crippen molar-refractivity contribution in [2.45, 2.75) is 12.8 Å². The van der Waals surface area contributed by atoms with Crippen molar-refractivity contribution in [2.75, 3.05) is 0 Å². The third-order valence-corrected chi connectivity index (χ3v) is 13.4. The second-order valence-electron chi connectivity index (χ2n) is 17.4. The highest BCUT2D eigenvalue weighted by Gasteiger charge is 2.19. The molecule has 0 amide bonds. The van der Waals surface area contributed by atoms with Gasteiger partial charge in [0.2, 0.25) is 0 Å². The second-order valence-corrected chi connectivity index (χ2v) is 17.4. The Morgan fingerprint density at radius 1 is 0.215 bits per heavy atom. The highest BCUT2D eigenvalue weighted by Crippen LogP contribution is 2.41. The van der Waals surface area contributed by atoms with E-state index in [1.807, 2.05) is 0 Å². The molecule has 306 valence electrons. The lowest BCUT2D eigenvalue weighted by Crippen LogP contribution is -1.96.